The summed E-state index contributed by atoms with van der Waals surface area (Å²) in [5, 5.41) is 11.9. The maximum absolute atomic E-state index is 8.73. The second-order valence-corrected chi connectivity index (χ2v) is 5.47. The average molecular weight is 310 g/mol. The number of aromatic nitrogens is 2. The molecule has 1 aliphatic rings. The van der Waals surface area contributed by atoms with Gasteiger partial charge in [-0.15, -0.1) is 0 Å². The molecule has 0 radical (unpaired) electrons. The number of nitrogens with one attached hydrogen (secondary N) is 1. The van der Waals surface area contributed by atoms with Crippen molar-refractivity contribution in [2.24, 2.45) is 0 Å². The summed E-state index contributed by atoms with van der Waals surface area (Å²) < 4.78 is 11.4. The van der Waals surface area contributed by atoms with Gasteiger partial charge >= 0.3 is 0 Å². The van der Waals surface area contributed by atoms with Crippen molar-refractivity contribution in [2.45, 2.75) is 26.0 Å². The van der Waals surface area contributed by atoms with E-state index in [-0.39, 0.29) is 6.10 Å². The Hall–Kier alpha value is -2.65. The first-order valence-corrected chi connectivity index (χ1v) is 7.54. The van der Waals surface area contributed by atoms with Gasteiger partial charge in [-0.2, -0.15) is 5.26 Å². The third-order valence-electron chi connectivity index (χ3n) is 3.63. The lowest BCUT2D eigenvalue weighted by Gasteiger charge is -2.17. The average Bonchev–Trinajstić information content (AvgIpc) is 3.08. The summed E-state index contributed by atoms with van der Waals surface area (Å²) in [5.41, 5.74) is 2.51. The van der Waals surface area contributed by atoms with E-state index >= 15 is 0 Å². The van der Waals surface area contributed by atoms with Gasteiger partial charge in [-0.05, 0) is 18.6 Å². The molecular formula is C17H18N4O2. The normalized spacial score (nSPS) is 16.8. The number of hydrogen-bond donors (Lipinski definition) is 1. The van der Waals surface area contributed by atoms with Gasteiger partial charge in [0.05, 0.1) is 25.6 Å². The van der Waals surface area contributed by atoms with Gasteiger partial charge in [0, 0.05) is 18.5 Å². The zero-order valence-corrected chi connectivity index (χ0v) is 13.0. The van der Waals surface area contributed by atoms with E-state index in [1.165, 1.54) is 6.20 Å². The lowest BCUT2D eigenvalue weighted by atomic mass is 10.1. The number of aryl methyl sites for hydroxylation is 1. The van der Waals surface area contributed by atoms with Crippen molar-refractivity contribution >= 4 is 5.82 Å². The highest BCUT2D eigenvalue weighted by Crippen LogP contribution is 2.24. The summed E-state index contributed by atoms with van der Waals surface area (Å²) in [6.07, 6.45) is 4.04. The van der Waals surface area contributed by atoms with E-state index < -0.39 is 0 Å². The molecule has 1 unspecified atom stereocenters. The molecule has 1 aromatic carbocycles. The van der Waals surface area contributed by atoms with E-state index in [9.17, 15) is 0 Å². The summed E-state index contributed by atoms with van der Waals surface area (Å²) >= 11 is 0. The van der Waals surface area contributed by atoms with E-state index in [1.807, 2.05) is 25.1 Å². The molecule has 2 heterocycles. The van der Waals surface area contributed by atoms with Gasteiger partial charge in [-0.3, -0.25) is 0 Å². The molecule has 0 spiro atoms. The van der Waals surface area contributed by atoms with Crippen LogP contribution < -0.4 is 10.1 Å². The molecule has 0 saturated carbocycles. The SMILES string of the molecule is Cc1ccc(CNc2cnc(C#N)cn2)c(OC2CCOC2)c1. The van der Waals surface area contributed by atoms with Crippen LogP contribution in [-0.4, -0.2) is 29.3 Å². The summed E-state index contributed by atoms with van der Waals surface area (Å²) in [4.78, 5) is 8.15. The molecule has 3 rings (SSSR count). The van der Waals surface area contributed by atoms with Gasteiger partial charge in [0.25, 0.3) is 0 Å². The van der Waals surface area contributed by atoms with Crippen molar-refractivity contribution in [1.82, 2.24) is 9.97 Å². The molecule has 0 amide bonds. The maximum Gasteiger partial charge on any atom is 0.158 e. The van der Waals surface area contributed by atoms with Crippen molar-refractivity contribution in [3.05, 3.63) is 47.4 Å². The minimum atomic E-state index is 0.116. The van der Waals surface area contributed by atoms with Crippen LogP contribution in [0.1, 0.15) is 23.2 Å². The Morgan fingerprint density at radius 3 is 3.00 bits per heavy atom. The van der Waals surface area contributed by atoms with Crippen LogP contribution in [0, 0.1) is 18.3 Å². The zero-order valence-electron chi connectivity index (χ0n) is 13.0. The Labute approximate surface area is 135 Å². The second-order valence-electron chi connectivity index (χ2n) is 5.47. The van der Waals surface area contributed by atoms with Crippen LogP contribution in [0.3, 0.4) is 0 Å². The fourth-order valence-electron chi connectivity index (χ4n) is 2.37. The predicted molar refractivity (Wildman–Crippen MR) is 85.1 cm³/mol. The van der Waals surface area contributed by atoms with Crippen LogP contribution in [0.15, 0.2) is 30.6 Å². The van der Waals surface area contributed by atoms with Gasteiger partial charge < -0.3 is 14.8 Å². The highest BCUT2D eigenvalue weighted by Gasteiger charge is 2.18. The second kappa shape index (κ2) is 7.07. The van der Waals surface area contributed by atoms with Gasteiger partial charge in [0.1, 0.15) is 23.7 Å². The zero-order chi connectivity index (χ0) is 16.1. The first-order valence-electron chi connectivity index (χ1n) is 7.54. The van der Waals surface area contributed by atoms with E-state index in [1.54, 1.807) is 6.20 Å². The molecule has 118 valence electrons. The van der Waals surface area contributed by atoms with Gasteiger partial charge in [0.2, 0.25) is 0 Å². The molecule has 1 aromatic heterocycles. The Morgan fingerprint density at radius 2 is 2.30 bits per heavy atom. The van der Waals surface area contributed by atoms with Crippen molar-refractivity contribution < 1.29 is 9.47 Å². The number of anilines is 1. The number of hydrogen-bond acceptors (Lipinski definition) is 6. The van der Waals surface area contributed by atoms with E-state index in [0.717, 1.165) is 29.9 Å². The molecule has 1 aliphatic heterocycles. The fourth-order valence-corrected chi connectivity index (χ4v) is 2.37. The molecule has 1 atom stereocenters. The quantitative estimate of drug-likeness (QED) is 0.913. The van der Waals surface area contributed by atoms with Crippen molar-refractivity contribution in [3.63, 3.8) is 0 Å². The van der Waals surface area contributed by atoms with Crippen LogP contribution in [0.4, 0.5) is 5.82 Å². The molecule has 23 heavy (non-hydrogen) atoms. The minimum absolute atomic E-state index is 0.116. The van der Waals surface area contributed by atoms with Crippen LogP contribution in [0.25, 0.3) is 0 Å². The van der Waals surface area contributed by atoms with E-state index in [0.29, 0.717) is 24.7 Å². The Bertz CT molecular complexity index is 704. The molecule has 1 fully saturated rings. The largest absolute Gasteiger partial charge is 0.488 e. The van der Waals surface area contributed by atoms with Crippen LogP contribution in [-0.2, 0) is 11.3 Å². The highest BCUT2D eigenvalue weighted by atomic mass is 16.5. The van der Waals surface area contributed by atoms with Gasteiger partial charge in [-0.25, -0.2) is 9.97 Å². The van der Waals surface area contributed by atoms with E-state index in [4.69, 9.17) is 14.7 Å². The number of nitriles is 1. The number of nitrogens with zero attached hydrogens (tertiary/aromatic N) is 3. The number of rotatable bonds is 5. The smallest absolute Gasteiger partial charge is 0.158 e. The summed E-state index contributed by atoms with van der Waals surface area (Å²) in [6.45, 7) is 4.01. The Balaban J connectivity index is 1.69. The van der Waals surface area contributed by atoms with Gasteiger partial charge in [0.15, 0.2) is 5.69 Å². The first-order chi connectivity index (χ1) is 11.2. The monoisotopic (exact) mass is 310 g/mol. The van der Waals surface area contributed by atoms with Crippen LogP contribution >= 0.6 is 0 Å². The first kappa shape index (κ1) is 15.3. The summed E-state index contributed by atoms with van der Waals surface area (Å²) in [5.74, 6) is 1.49. The molecule has 6 heteroatoms. The summed E-state index contributed by atoms with van der Waals surface area (Å²) in [7, 11) is 0. The molecule has 6 nitrogen and oxygen atoms in total. The molecule has 2 aromatic rings. The number of benzene rings is 1. The highest BCUT2D eigenvalue weighted by molar-refractivity contribution is 5.41. The third-order valence-corrected chi connectivity index (χ3v) is 3.63. The molecule has 0 aliphatic carbocycles. The number of ether oxygens (including phenoxy) is 2. The Kier molecular flexibility index (Phi) is 4.69. The molecule has 0 bridgehead atoms. The minimum Gasteiger partial charge on any atom is -0.488 e. The van der Waals surface area contributed by atoms with Crippen molar-refractivity contribution in [3.8, 4) is 11.8 Å². The maximum atomic E-state index is 8.73. The standard InChI is InChI=1S/C17H18N4O2/c1-12-2-3-13(16(6-12)23-15-4-5-22-11-15)8-20-17-10-19-14(7-18)9-21-17/h2-3,6,9-10,15H,4-5,8,11H2,1H3,(H,20,21). The lowest BCUT2D eigenvalue weighted by Crippen LogP contribution is -2.17. The van der Waals surface area contributed by atoms with Crippen LogP contribution in [0.5, 0.6) is 5.75 Å². The third kappa shape index (κ3) is 3.96. The molecule has 1 saturated heterocycles. The van der Waals surface area contributed by atoms with Gasteiger partial charge in [-0.1, -0.05) is 12.1 Å². The topological polar surface area (TPSA) is 80.1 Å². The Morgan fingerprint density at radius 1 is 1.39 bits per heavy atom. The van der Waals surface area contributed by atoms with Crippen molar-refractivity contribution in [1.29, 1.82) is 5.26 Å². The lowest BCUT2D eigenvalue weighted by molar-refractivity contribution is 0.140. The van der Waals surface area contributed by atoms with Crippen molar-refractivity contribution in [2.75, 3.05) is 18.5 Å². The fraction of sp³-hybridized carbons (Fsp3) is 0.353. The molecular weight excluding hydrogens is 292 g/mol. The van der Waals surface area contributed by atoms with Crippen LogP contribution in [0.2, 0.25) is 0 Å². The summed E-state index contributed by atoms with van der Waals surface area (Å²) in [6, 6.07) is 8.09. The van der Waals surface area contributed by atoms with E-state index in [2.05, 4.69) is 21.4 Å². The molecule has 1 N–H and O–H groups in total. The predicted octanol–water partition coefficient (Wildman–Crippen LogP) is 2.44.